The minimum absolute atomic E-state index is 0.184. The first-order chi connectivity index (χ1) is 16.7. The molecule has 0 radical (unpaired) electrons. The highest BCUT2D eigenvalue weighted by Crippen LogP contribution is 2.35. The molecule has 0 spiro atoms. The summed E-state index contributed by atoms with van der Waals surface area (Å²) in [7, 11) is 0. The summed E-state index contributed by atoms with van der Waals surface area (Å²) >= 11 is 7.94. The van der Waals surface area contributed by atoms with Gasteiger partial charge in [-0.05, 0) is 36.8 Å². The van der Waals surface area contributed by atoms with Gasteiger partial charge in [0, 0.05) is 16.5 Å². The van der Waals surface area contributed by atoms with Crippen molar-refractivity contribution in [2.75, 3.05) is 5.75 Å². The molecule has 2 aliphatic rings. The Labute approximate surface area is 207 Å². The standard InChI is InChI=1S/C26H25ClN4O2S/c1-2-3-4-9-16-34-26-29-25(32)23-18-11-6-8-13-20(18)28-24(31(23)30-26)22-15-14-21(33-22)17-10-5-7-12-19(17)27/h5-8,10-15,24H,2-4,9,16H2,1H3,(H,29,30,32). The number of amidine groups is 1. The molecule has 2 aliphatic heterocycles. The van der Waals surface area contributed by atoms with Crippen LogP contribution in [0.4, 0.5) is 0 Å². The fourth-order valence-electron chi connectivity index (χ4n) is 4.07. The summed E-state index contributed by atoms with van der Waals surface area (Å²) < 4.78 is 6.21. The van der Waals surface area contributed by atoms with Crippen molar-refractivity contribution >= 4 is 40.1 Å². The van der Waals surface area contributed by atoms with Gasteiger partial charge in [0.2, 0.25) is 6.17 Å². The van der Waals surface area contributed by atoms with Gasteiger partial charge in [-0.1, -0.05) is 79.9 Å². The number of benzene rings is 2. The normalized spacial score (nSPS) is 16.9. The summed E-state index contributed by atoms with van der Waals surface area (Å²) in [6.07, 6.45) is 4.07. The van der Waals surface area contributed by atoms with E-state index in [2.05, 4.69) is 12.2 Å². The molecule has 1 N–H and O–H groups in total. The molecule has 0 fully saturated rings. The van der Waals surface area contributed by atoms with Gasteiger partial charge in [0.05, 0.1) is 10.4 Å². The number of thioether (sulfide) groups is 1. The van der Waals surface area contributed by atoms with Crippen molar-refractivity contribution in [3.05, 3.63) is 82.0 Å². The smallest absolute Gasteiger partial charge is 0.276 e. The summed E-state index contributed by atoms with van der Waals surface area (Å²) in [5, 5.41) is 12.1. The van der Waals surface area contributed by atoms with Crippen LogP contribution in [-0.4, -0.2) is 21.8 Å². The van der Waals surface area contributed by atoms with Gasteiger partial charge in [-0.15, -0.1) is 5.10 Å². The molecule has 0 saturated carbocycles. The van der Waals surface area contributed by atoms with Crippen LogP contribution in [0.3, 0.4) is 0 Å². The Morgan fingerprint density at radius 1 is 1.06 bits per heavy atom. The zero-order valence-corrected chi connectivity index (χ0v) is 20.4. The van der Waals surface area contributed by atoms with Gasteiger partial charge >= 0.3 is 0 Å². The van der Waals surface area contributed by atoms with Gasteiger partial charge in [-0.2, -0.15) is 0 Å². The van der Waals surface area contributed by atoms with Crippen molar-refractivity contribution in [2.45, 2.75) is 38.8 Å². The topological polar surface area (TPSA) is 70.2 Å². The minimum Gasteiger partial charge on any atom is -0.457 e. The van der Waals surface area contributed by atoms with Crippen LogP contribution in [0.15, 0.2) is 75.2 Å². The number of nitrogens with one attached hydrogen (secondary N) is 1. The molecule has 1 atom stereocenters. The number of para-hydroxylation sites is 1. The number of rotatable bonds is 7. The zero-order valence-electron chi connectivity index (χ0n) is 18.8. The predicted octanol–water partition coefficient (Wildman–Crippen LogP) is 5.06. The van der Waals surface area contributed by atoms with E-state index in [4.69, 9.17) is 26.1 Å². The number of hydrogen-bond donors (Lipinski definition) is 1. The van der Waals surface area contributed by atoms with Crippen LogP contribution in [0.1, 0.15) is 44.5 Å². The summed E-state index contributed by atoms with van der Waals surface area (Å²) in [6.45, 7) is 2.19. The second kappa shape index (κ2) is 10.1. The molecular formula is C26H25ClN4O2S. The lowest BCUT2D eigenvalue weighted by Gasteiger charge is -2.32. The minimum atomic E-state index is -0.595. The Morgan fingerprint density at radius 2 is 1.88 bits per heavy atom. The number of carbonyl (C=O) groups excluding carboxylic acids is 1. The van der Waals surface area contributed by atoms with Gasteiger partial charge in [0.1, 0.15) is 11.5 Å². The van der Waals surface area contributed by atoms with Gasteiger partial charge in [0.25, 0.3) is 5.91 Å². The zero-order chi connectivity index (χ0) is 23.5. The SMILES string of the molecule is CCCCCCSC1=NN2C(=c3ccccc3=NC2c2ccc(-c3ccccc3Cl)o2)C(=O)N1. The van der Waals surface area contributed by atoms with Crippen LogP contribution < -0.4 is 15.9 Å². The average molecular weight is 493 g/mol. The number of halogens is 1. The fourth-order valence-corrected chi connectivity index (χ4v) is 5.15. The number of unbranched alkanes of at least 4 members (excludes halogenated alkanes) is 3. The Bertz CT molecular complexity index is 1370. The molecule has 6 nitrogen and oxygen atoms in total. The highest BCUT2D eigenvalue weighted by Gasteiger charge is 2.36. The Morgan fingerprint density at radius 3 is 2.74 bits per heavy atom. The summed E-state index contributed by atoms with van der Waals surface area (Å²) in [6, 6.07) is 18.9. The quantitative estimate of drug-likeness (QED) is 0.468. The van der Waals surface area contributed by atoms with E-state index in [9.17, 15) is 4.79 Å². The lowest BCUT2D eigenvalue weighted by molar-refractivity contribution is -0.116. The second-order valence-electron chi connectivity index (χ2n) is 8.16. The molecule has 34 heavy (non-hydrogen) atoms. The third kappa shape index (κ3) is 4.50. The summed E-state index contributed by atoms with van der Waals surface area (Å²) in [5.41, 5.74) is 1.28. The molecule has 5 rings (SSSR count). The Hall–Kier alpha value is -3.03. The van der Waals surface area contributed by atoms with Gasteiger partial charge in [0.15, 0.2) is 10.9 Å². The van der Waals surface area contributed by atoms with Crippen molar-refractivity contribution in [2.24, 2.45) is 10.1 Å². The summed E-state index contributed by atoms with van der Waals surface area (Å²) in [4.78, 5) is 18.1. The maximum absolute atomic E-state index is 13.2. The first-order valence-corrected chi connectivity index (χ1v) is 12.9. The van der Waals surface area contributed by atoms with Gasteiger partial charge in [-0.3, -0.25) is 10.1 Å². The van der Waals surface area contributed by atoms with Crippen LogP contribution >= 0.6 is 23.4 Å². The number of fused-ring (bicyclic) bond motifs is 2. The van der Waals surface area contributed by atoms with Crippen molar-refractivity contribution in [1.29, 1.82) is 0 Å². The van der Waals surface area contributed by atoms with Crippen molar-refractivity contribution in [1.82, 2.24) is 10.3 Å². The monoisotopic (exact) mass is 492 g/mol. The van der Waals surface area contributed by atoms with Crippen molar-refractivity contribution in [3.63, 3.8) is 0 Å². The molecule has 0 saturated heterocycles. The summed E-state index contributed by atoms with van der Waals surface area (Å²) in [5.74, 6) is 1.95. The first kappa shape index (κ1) is 22.7. The molecule has 1 amide bonds. The molecule has 3 aromatic rings. The molecule has 8 heteroatoms. The second-order valence-corrected chi connectivity index (χ2v) is 9.65. The van der Waals surface area contributed by atoms with Crippen LogP contribution in [0.2, 0.25) is 5.02 Å². The number of amides is 1. The molecule has 3 heterocycles. The lowest BCUT2D eigenvalue weighted by atomic mass is 10.1. The third-order valence-electron chi connectivity index (χ3n) is 5.77. The maximum Gasteiger partial charge on any atom is 0.276 e. The average Bonchev–Trinajstić information content (AvgIpc) is 3.33. The van der Waals surface area contributed by atoms with Gasteiger partial charge in [-0.25, -0.2) is 10.0 Å². The lowest BCUT2D eigenvalue weighted by Crippen LogP contribution is -2.50. The van der Waals surface area contributed by atoms with E-state index in [1.165, 1.54) is 19.3 Å². The van der Waals surface area contributed by atoms with E-state index in [1.807, 2.05) is 60.7 Å². The van der Waals surface area contributed by atoms with Crippen LogP contribution in [0.25, 0.3) is 17.0 Å². The first-order valence-electron chi connectivity index (χ1n) is 11.5. The van der Waals surface area contributed by atoms with E-state index in [0.29, 0.717) is 27.4 Å². The van der Waals surface area contributed by atoms with E-state index >= 15 is 0 Å². The van der Waals surface area contributed by atoms with E-state index in [1.54, 1.807) is 16.8 Å². The van der Waals surface area contributed by atoms with E-state index in [0.717, 1.165) is 28.3 Å². The maximum atomic E-state index is 13.2. The highest BCUT2D eigenvalue weighted by molar-refractivity contribution is 8.13. The van der Waals surface area contributed by atoms with E-state index in [-0.39, 0.29) is 5.91 Å². The molecular weight excluding hydrogens is 468 g/mol. The number of hydrazone groups is 1. The number of furan rings is 1. The Balaban J connectivity index is 1.51. The third-order valence-corrected chi connectivity index (χ3v) is 7.05. The van der Waals surface area contributed by atoms with Crippen LogP contribution in [0, 0.1) is 0 Å². The van der Waals surface area contributed by atoms with E-state index < -0.39 is 6.17 Å². The molecule has 0 bridgehead atoms. The number of nitrogens with zero attached hydrogens (tertiary/aromatic N) is 3. The van der Waals surface area contributed by atoms with Crippen molar-refractivity contribution < 1.29 is 9.21 Å². The van der Waals surface area contributed by atoms with Gasteiger partial charge < -0.3 is 4.42 Å². The molecule has 0 aliphatic carbocycles. The number of hydrogen-bond acceptors (Lipinski definition) is 6. The molecule has 1 unspecified atom stereocenters. The van der Waals surface area contributed by atoms with Crippen LogP contribution in [0.5, 0.6) is 0 Å². The fraction of sp³-hybridized carbons (Fsp3) is 0.269. The molecule has 2 aromatic carbocycles. The Kier molecular flexibility index (Phi) is 6.74. The highest BCUT2D eigenvalue weighted by atomic mass is 35.5. The van der Waals surface area contributed by atoms with Crippen molar-refractivity contribution in [3.8, 4) is 11.3 Å². The predicted molar refractivity (Wildman–Crippen MR) is 137 cm³/mol. The molecule has 174 valence electrons. The number of carbonyl (C=O) groups is 1. The van der Waals surface area contributed by atoms with Crippen LogP contribution in [-0.2, 0) is 4.79 Å². The largest absolute Gasteiger partial charge is 0.457 e. The molecule has 1 aromatic heterocycles.